The molecule has 27 heavy (non-hydrogen) atoms. The lowest BCUT2D eigenvalue weighted by molar-refractivity contribution is 0.166. The largest absolute Gasteiger partial charge is 0.342 e. The number of likely N-dealkylation sites (tertiary alicyclic amines) is 1. The number of imidazole rings is 1. The summed E-state index contributed by atoms with van der Waals surface area (Å²) in [5.41, 5.74) is 5.47. The first-order chi connectivity index (χ1) is 13.3. The quantitative estimate of drug-likeness (QED) is 0.601. The number of nitrogens with zero attached hydrogens (tertiary/aromatic N) is 4. The molecule has 5 heteroatoms. The van der Waals surface area contributed by atoms with E-state index in [0.717, 1.165) is 53.9 Å². The second kappa shape index (κ2) is 7.08. The normalized spacial score (nSPS) is 18.3. The molecule has 0 amide bonds. The van der Waals surface area contributed by atoms with Crippen molar-refractivity contribution >= 4 is 22.1 Å². The van der Waals surface area contributed by atoms with Gasteiger partial charge in [-0.15, -0.1) is 0 Å². The zero-order valence-electron chi connectivity index (χ0n) is 15.3. The maximum Gasteiger partial charge on any atom is 0.107 e. The van der Waals surface area contributed by atoms with Gasteiger partial charge in [-0.2, -0.15) is 0 Å². The third-order valence-electron chi connectivity index (χ3n) is 5.50. The van der Waals surface area contributed by atoms with E-state index >= 15 is 0 Å². The van der Waals surface area contributed by atoms with Gasteiger partial charge in [0.1, 0.15) is 5.82 Å². The van der Waals surface area contributed by atoms with Gasteiger partial charge in [0, 0.05) is 31.9 Å². The summed E-state index contributed by atoms with van der Waals surface area (Å²) < 4.78 is 0. The molecule has 2 aromatic carbocycles. The van der Waals surface area contributed by atoms with Gasteiger partial charge < -0.3 is 4.98 Å². The van der Waals surface area contributed by atoms with E-state index in [-0.39, 0.29) is 0 Å². The number of hydrogen-bond donors (Lipinski definition) is 1. The van der Waals surface area contributed by atoms with Crippen LogP contribution >= 0.6 is 0 Å². The highest BCUT2D eigenvalue weighted by molar-refractivity contribution is 5.77. The van der Waals surface area contributed by atoms with E-state index in [1.54, 1.807) is 12.4 Å². The Bertz CT molecular complexity index is 1030. The van der Waals surface area contributed by atoms with Crippen LogP contribution in [0.3, 0.4) is 0 Å². The summed E-state index contributed by atoms with van der Waals surface area (Å²) in [7, 11) is 0. The maximum absolute atomic E-state index is 4.76. The number of rotatable bonds is 4. The molecule has 5 rings (SSSR count). The molecular weight excluding hydrogens is 334 g/mol. The number of aromatic amines is 1. The van der Waals surface area contributed by atoms with Gasteiger partial charge in [0.25, 0.3) is 0 Å². The van der Waals surface area contributed by atoms with Crippen LogP contribution in [0.4, 0.5) is 0 Å². The van der Waals surface area contributed by atoms with Gasteiger partial charge in [0.15, 0.2) is 0 Å². The first-order valence-electron chi connectivity index (χ1n) is 9.70. The number of fused-ring (bicyclic) bond motifs is 2. The van der Waals surface area contributed by atoms with Crippen LogP contribution in [0.5, 0.6) is 0 Å². The summed E-state index contributed by atoms with van der Waals surface area (Å²) >= 11 is 0. The van der Waals surface area contributed by atoms with Crippen molar-refractivity contribution in [2.75, 3.05) is 13.1 Å². The van der Waals surface area contributed by atoms with Crippen LogP contribution in [-0.4, -0.2) is 37.9 Å². The molecule has 1 atom stereocenters. The number of hydrogen-bond acceptors (Lipinski definition) is 4. The minimum atomic E-state index is 0.639. The molecule has 4 aromatic rings. The van der Waals surface area contributed by atoms with E-state index in [4.69, 9.17) is 4.98 Å². The molecule has 1 fully saturated rings. The van der Waals surface area contributed by atoms with Gasteiger partial charge in [0.2, 0.25) is 0 Å². The Kier molecular flexibility index (Phi) is 4.30. The molecule has 3 heterocycles. The summed E-state index contributed by atoms with van der Waals surface area (Å²) in [5.74, 6) is 1.75. The second-order valence-corrected chi connectivity index (χ2v) is 7.49. The molecule has 0 unspecified atom stereocenters. The zero-order valence-corrected chi connectivity index (χ0v) is 15.3. The number of para-hydroxylation sites is 3. The lowest BCUT2D eigenvalue weighted by Gasteiger charge is -2.32. The van der Waals surface area contributed by atoms with Crippen molar-refractivity contribution in [1.29, 1.82) is 0 Å². The zero-order chi connectivity index (χ0) is 18.1. The first kappa shape index (κ1) is 16.4. The summed E-state index contributed by atoms with van der Waals surface area (Å²) in [4.78, 5) is 19.8. The lowest BCUT2D eigenvalue weighted by atomic mass is 9.94. The van der Waals surface area contributed by atoms with Gasteiger partial charge in [-0.25, -0.2) is 4.98 Å². The Morgan fingerprint density at radius 1 is 1.00 bits per heavy atom. The van der Waals surface area contributed by atoms with Crippen molar-refractivity contribution in [2.45, 2.75) is 25.8 Å². The molecule has 1 N–H and O–H groups in total. The Balaban J connectivity index is 1.30. The van der Waals surface area contributed by atoms with E-state index in [1.807, 2.05) is 12.1 Å². The standard InChI is InChI=1S/C22H23N5/c1-2-8-19-18(7-1)25-21(26-19)13-16-5-4-12-27(14-16)15-17-6-3-9-20-22(17)24-11-10-23-20/h1-3,6-11,16H,4-5,12-15H2,(H,25,26)/t16-/m0/s1. The van der Waals surface area contributed by atoms with Crippen molar-refractivity contribution < 1.29 is 0 Å². The van der Waals surface area contributed by atoms with Crippen molar-refractivity contribution in [1.82, 2.24) is 24.8 Å². The molecule has 0 radical (unpaired) electrons. The van der Waals surface area contributed by atoms with Gasteiger partial charge >= 0.3 is 0 Å². The molecule has 0 aliphatic carbocycles. The highest BCUT2D eigenvalue weighted by Gasteiger charge is 2.22. The van der Waals surface area contributed by atoms with E-state index in [2.05, 4.69) is 50.2 Å². The molecule has 0 spiro atoms. The van der Waals surface area contributed by atoms with Crippen LogP contribution in [0.15, 0.2) is 54.9 Å². The van der Waals surface area contributed by atoms with Crippen LogP contribution in [0.2, 0.25) is 0 Å². The van der Waals surface area contributed by atoms with E-state index in [0.29, 0.717) is 5.92 Å². The molecular formula is C22H23N5. The molecule has 1 aliphatic rings. The second-order valence-electron chi connectivity index (χ2n) is 7.49. The Hall–Kier alpha value is -2.79. The van der Waals surface area contributed by atoms with Crippen LogP contribution in [0, 0.1) is 5.92 Å². The predicted octanol–water partition coefficient (Wildman–Crippen LogP) is 3.96. The summed E-state index contributed by atoms with van der Waals surface area (Å²) in [6.45, 7) is 3.19. The number of benzene rings is 2. The Morgan fingerprint density at radius 3 is 2.85 bits per heavy atom. The Labute approximate surface area is 158 Å². The molecule has 2 aromatic heterocycles. The van der Waals surface area contributed by atoms with E-state index in [1.165, 1.54) is 18.4 Å². The van der Waals surface area contributed by atoms with Crippen molar-refractivity contribution in [3.8, 4) is 0 Å². The summed E-state index contributed by atoms with van der Waals surface area (Å²) in [6.07, 6.45) is 7.06. The monoisotopic (exact) mass is 357 g/mol. The topological polar surface area (TPSA) is 57.7 Å². The molecule has 136 valence electrons. The third-order valence-corrected chi connectivity index (χ3v) is 5.50. The van der Waals surface area contributed by atoms with Gasteiger partial charge in [0.05, 0.1) is 22.1 Å². The van der Waals surface area contributed by atoms with Crippen molar-refractivity contribution in [2.24, 2.45) is 5.92 Å². The van der Waals surface area contributed by atoms with Crippen LogP contribution in [0.1, 0.15) is 24.2 Å². The van der Waals surface area contributed by atoms with Gasteiger partial charge in [-0.3, -0.25) is 14.9 Å². The molecule has 0 bridgehead atoms. The number of piperidine rings is 1. The van der Waals surface area contributed by atoms with Gasteiger partial charge in [-0.05, 0) is 49.1 Å². The first-order valence-corrected chi connectivity index (χ1v) is 9.70. The fraction of sp³-hybridized carbons (Fsp3) is 0.318. The SMILES string of the molecule is c1ccc2[nH]c(C[C@@H]3CCCN(Cc4cccc5nccnc45)C3)nc2c1. The number of nitrogens with one attached hydrogen (secondary N) is 1. The smallest absolute Gasteiger partial charge is 0.107 e. The van der Waals surface area contributed by atoms with Crippen LogP contribution < -0.4 is 0 Å². The highest BCUT2D eigenvalue weighted by Crippen LogP contribution is 2.24. The third kappa shape index (κ3) is 3.43. The summed E-state index contributed by atoms with van der Waals surface area (Å²) in [5, 5.41) is 0. The summed E-state index contributed by atoms with van der Waals surface area (Å²) in [6, 6.07) is 14.6. The van der Waals surface area contributed by atoms with Crippen molar-refractivity contribution in [3.05, 3.63) is 66.2 Å². The fourth-order valence-corrected chi connectivity index (χ4v) is 4.26. The van der Waals surface area contributed by atoms with Crippen molar-refractivity contribution in [3.63, 3.8) is 0 Å². The average Bonchev–Trinajstić information content (AvgIpc) is 3.11. The Morgan fingerprint density at radius 2 is 1.89 bits per heavy atom. The molecule has 0 saturated carbocycles. The van der Waals surface area contributed by atoms with E-state index < -0.39 is 0 Å². The van der Waals surface area contributed by atoms with E-state index in [9.17, 15) is 0 Å². The lowest BCUT2D eigenvalue weighted by Crippen LogP contribution is -2.36. The average molecular weight is 357 g/mol. The number of H-pyrrole nitrogens is 1. The minimum absolute atomic E-state index is 0.639. The van der Waals surface area contributed by atoms with Gasteiger partial charge in [-0.1, -0.05) is 24.3 Å². The number of aromatic nitrogens is 4. The molecule has 1 saturated heterocycles. The van der Waals surface area contributed by atoms with Crippen LogP contribution in [-0.2, 0) is 13.0 Å². The molecule has 1 aliphatic heterocycles. The maximum atomic E-state index is 4.76. The minimum Gasteiger partial charge on any atom is -0.342 e. The van der Waals surface area contributed by atoms with Crippen LogP contribution in [0.25, 0.3) is 22.1 Å². The fourth-order valence-electron chi connectivity index (χ4n) is 4.26. The predicted molar refractivity (Wildman–Crippen MR) is 107 cm³/mol. The highest BCUT2D eigenvalue weighted by atomic mass is 15.1. The molecule has 5 nitrogen and oxygen atoms in total.